The van der Waals surface area contributed by atoms with Crippen molar-refractivity contribution in [2.24, 2.45) is 40.9 Å². The number of benzene rings is 1. The number of hydrogen-bond acceptors (Lipinski definition) is 4. The third-order valence-corrected chi connectivity index (χ3v) is 13.7. The van der Waals surface area contributed by atoms with E-state index in [2.05, 4.69) is 50.0 Å². The summed E-state index contributed by atoms with van der Waals surface area (Å²) in [7, 11) is 0. The van der Waals surface area contributed by atoms with Gasteiger partial charge in [0.2, 0.25) is 5.91 Å². The minimum Gasteiger partial charge on any atom is -0.365 e. The molecule has 43 heavy (non-hydrogen) atoms. The van der Waals surface area contributed by atoms with E-state index in [1.165, 1.54) is 31.2 Å². The van der Waals surface area contributed by atoms with Crippen LogP contribution >= 0.6 is 0 Å². The van der Waals surface area contributed by atoms with Gasteiger partial charge in [-0.1, -0.05) is 56.7 Å². The molecule has 5 heteroatoms. The molecule has 0 bridgehead atoms. The highest BCUT2D eigenvalue weighted by atomic mass is 16.5. The van der Waals surface area contributed by atoms with Crippen molar-refractivity contribution in [1.82, 2.24) is 10.2 Å². The van der Waals surface area contributed by atoms with E-state index < -0.39 is 0 Å². The second-order valence-corrected chi connectivity index (χ2v) is 15.8. The molecular weight excluding hydrogens is 532 g/mol. The van der Waals surface area contributed by atoms with Crippen LogP contribution in [0.3, 0.4) is 0 Å². The maximum Gasteiger partial charge on any atom is 0.220 e. The molecule has 0 aromatic heterocycles. The number of carbonyl (C=O) groups is 2. The number of amides is 1. The van der Waals surface area contributed by atoms with Crippen LogP contribution < -0.4 is 5.32 Å². The third kappa shape index (κ3) is 5.05. The van der Waals surface area contributed by atoms with E-state index in [9.17, 15) is 9.59 Å². The molecule has 1 spiro atoms. The van der Waals surface area contributed by atoms with Gasteiger partial charge < -0.3 is 10.1 Å². The Bertz CT molecular complexity index is 1260. The lowest BCUT2D eigenvalue weighted by Crippen LogP contribution is -2.54. The highest BCUT2D eigenvalue weighted by molar-refractivity contribution is 5.79. The zero-order chi connectivity index (χ0) is 29.9. The molecule has 234 valence electrons. The largest absolute Gasteiger partial charge is 0.365 e. The van der Waals surface area contributed by atoms with Gasteiger partial charge in [0, 0.05) is 50.9 Å². The highest BCUT2D eigenvalue weighted by Gasteiger charge is 2.62. The van der Waals surface area contributed by atoms with Crippen LogP contribution in [0.15, 0.2) is 41.5 Å². The first kappa shape index (κ1) is 29.7. The monoisotopic (exact) mass is 586 g/mol. The molecule has 1 aromatic carbocycles. The number of carbonyl (C=O) groups excluding carboxylic acids is 2. The lowest BCUT2D eigenvalue weighted by molar-refractivity contribution is -0.129. The minimum atomic E-state index is -0.140. The number of ether oxygens (including phenoxy) is 1. The van der Waals surface area contributed by atoms with E-state index in [1.54, 1.807) is 11.1 Å². The number of rotatable bonds is 6. The average molecular weight is 587 g/mol. The summed E-state index contributed by atoms with van der Waals surface area (Å²) < 4.78 is 7.31. The molecule has 1 amide bonds. The second kappa shape index (κ2) is 11.4. The van der Waals surface area contributed by atoms with Gasteiger partial charge in [-0.05, 0) is 104 Å². The van der Waals surface area contributed by atoms with Crippen molar-refractivity contribution in [1.29, 1.82) is 0 Å². The van der Waals surface area contributed by atoms with E-state index in [0.29, 0.717) is 48.0 Å². The Balaban J connectivity index is 1.04. The maximum atomic E-state index is 12.7. The van der Waals surface area contributed by atoms with Crippen LogP contribution in [0.2, 0.25) is 0 Å². The number of piperidine rings is 1. The number of aryl methyl sites for hydroxylation is 1. The van der Waals surface area contributed by atoms with Crippen molar-refractivity contribution >= 4 is 11.7 Å². The van der Waals surface area contributed by atoms with Gasteiger partial charge in [-0.2, -0.15) is 0 Å². The number of nitrogens with one attached hydrogen (secondary N) is 1. The van der Waals surface area contributed by atoms with Gasteiger partial charge in [0.05, 0.1) is 11.7 Å². The summed E-state index contributed by atoms with van der Waals surface area (Å²) in [5.74, 6) is 4.58. The maximum absolute atomic E-state index is 12.7. The number of Topliss-reactive ketones (excluding diaryl/α,β-unsaturated/α-hetero) is 1. The Morgan fingerprint density at radius 1 is 1.09 bits per heavy atom. The standard InChI is InChI=1S/C38H54N2O3/c1-24-20-34-36(40(23-24)19-18-39-35(42)13-10-27-8-6-5-7-9-27)26(3)38(43-34)17-15-30-31-12-11-28-21-29(41)14-16-37(28,4)33(31)22-32(30)25(38)2/h5-9,24,26,28,30-31,33-34,36H,10-23H2,1-4H3,(H,39,42). The van der Waals surface area contributed by atoms with E-state index in [-0.39, 0.29) is 17.6 Å². The molecule has 0 radical (unpaired) electrons. The number of fused-ring (bicyclic) bond motifs is 6. The molecular formula is C38H54N2O3. The third-order valence-electron chi connectivity index (χ3n) is 13.7. The molecule has 3 saturated carbocycles. The summed E-state index contributed by atoms with van der Waals surface area (Å²) >= 11 is 0. The molecule has 2 saturated heterocycles. The first-order valence-electron chi connectivity index (χ1n) is 17.6. The van der Waals surface area contributed by atoms with Crippen molar-refractivity contribution in [2.45, 2.75) is 116 Å². The first-order chi connectivity index (χ1) is 20.7. The second-order valence-electron chi connectivity index (χ2n) is 15.8. The van der Waals surface area contributed by atoms with Crippen LogP contribution in [-0.2, 0) is 20.7 Å². The van der Waals surface area contributed by atoms with Crippen LogP contribution in [-0.4, -0.2) is 54.0 Å². The van der Waals surface area contributed by atoms with Gasteiger partial charge >= 0.3 is 0 Å². The van der Waals surface area contributed by atoms with Gasteiger partial charge in [0.1, 0.15) is 5.78 Å². The SMILES string of the molecule is CC1=C2CC3C(CCC4CC(=O)CCC43C)C2CCC12OC1CC(C)CN(CCNC(=O)CCc3ccccc3)C1C2C. The molecule has 5 fully saturated rings. The van der Waals surface area contributed by atoms with Crippen molar-refractivity contribution in [3.63, 3.8) is 0 Å². The molecule has 4 aliphatic carbocycles. The van der Waals surface area contributed by atoms with E-state index in [1.807, 2.05) is 18.2 Å². The molecule has 6 aliphatic rings. The van der Waals surface area contributed by atoms with E-state index in [0.717, 1.165) is 69.4 Å². The Kier molecular flexibility index (Phi) is 7.90. The summed E-state index contributed by atoms with van der Waals surface area (Å²) in [5.41, 5.74) is 4.74. The van der Waals surface area contributed by atoms with Gasteiger partial charge in [-0.25, -0.2) is 0 Å². The van der Waals surface area contributed by atoms with Gasteiger partial charge in [-0.3, -0.25) is 14.5 Å². The lowest BCUT2D eigenvalue weighted by atomic mass is 9.52. The number of nitrogens with zero attached hydrogens (tertiary/aromatic N) is 1. The van der Waals surface area contributed by atoms with Gasteiger partial charge in [-0.15, -0.1) is 0 Å². The lowest BCUT2D eigenvalue weighted by Gasteiger charge is -2.52. The van der Waals surface area contributed by atoms with Crippen LogP contribution in [0.1, 0.15) is 97.5 Å². The summed E-state index contributed by atoms with van der Waals surface area (Å²) in [4.78, 5) is 27.7. The Hall–Kier alpha value is -1.98. The van der Waals surface area contributed by atoms with Crippen molar-refractivity contribution in [3.8, 4) is 0 Å². The molecule has 5 nitrogen and oxygen atoms in total. The molecule has 2 aliphatic heterocycles. The zero-order valence-corrected chi connectivity index (χ0v) is 27.1. The van der Waals surface area contributed by atoms with E-state index >= 15 is 0 Å². The van der Waals surface area contributed by atoms with Crippen molar-refractivity contribution < 1.29 is 14.3 Å². The number of likely N-dealkylation sites (tertiary alicyclic amines) is 1. The predicted molar refractivity (Wildman–Crippen MR) is 170 cm³/mol. The fraction of sp³-hybridized carbons (Fsp3) is 0.737. The molecule has 10 atom stereocenters. The number of ketones is 1. The Morgan fingerprint density at radius 2 is 1.91 bits per heavy atom. The summed E-state index contributed by atoms with van der Waals surface area (Å²) in [6.07, 6.45) is 11.7. The highest BCUT2D eigenvalue weighted by Crippen LogP contribution is 2.66. The van der Waals surface area contributed by atoms with Crippen molar-refractivity contribution in [3.05, 3.63) is 47.0 Å². The van der Waals surface area contributed by atoms with Crippen LogP contribution in [0.25, 0.3) is 0 Å². The fourth-order valence-corrected chi connectivity index (χ4v) is 11.5. The Morgan fingerprint density at radius 3 is 2.72 bits per heavy atom. The molecule has 2 heterocycles. The number of hydrogen-bond donors (Lipinski definition) is 1. The molecule has 10 unspecified atom stereocenters. The van der Waals surface area contributed by atoms with Gasteiger partial charge in [0.15, 0.2) is 0 Å². The topological polar surface area (TPSA) is 58.6 Å². The van der Waals surface area contributed by atoms with Crippen molar-refractivity contribution in [2.75, 3.05) is 19.6 Å². The summed E-state index contributed by atoms with van der Waals surface area (Å²) in [5, 5.41) is 3.23. The summed E-state index contributed by atoms with van der Waals surface area (Å²) in [6.45, 7) is 12.5. The normalized spacial score (nSPS) is 42.4. The predicted octanol–water partition coefficient (Wildman–Crippen LogP) is 6.75. The molecule has 7 rings (SSSR count). The first-order valence-corrected chi connectivity index (χ1v) is 17.6. The smallest absolute Gasteiger partial charge is 0.220 e. The molecule has 1 aromatic rings. The quantitative estimate of drug-likeness (QED) is 0.375. The number of allylic oxidation sites excluding steroid dienone is 1. The zero-order valence-electron chi connectivity index (χ0n) is 27.1. The van der Waals surface area contributed by atoms with Crippen LogP contribution in [0.4, 0.5) is 0 Å². The average Bonchev–Trinajstić information content (AvgIpc) is 3.51. The Labute approximate surface area is 259 Å². The van der Waals surface area contributed by atoms with Crippen LogP contribution in [0, 0.1) is 40.9 Å². The van der Waals surface area contributed by atoms with Crippen LogP contribution in [0.5, 0.6) is 0 Å². The van der Waals surface area contributed by atoms with Gasteiger partial charge in [0.25, 0.3) is 0 Å². The fourth-order valence-electron chi connectivity index (χ4n) is 11.5. The molecule has 1 N–H and O–H groups in total. The minimum absolute atomic E-state index is 0.140. The van der Waals surface area contributed by atoms with E-state index in [4.69, 9.17) is 4.74 Å². The summed E-state index contributed by atoms with van der Waals surface area (Å²) in [6, 6.07) is 10.7.